The summed E-state index contributed by atoms with van der Waals surface area (Å²) in [5.41, 5.74) is 2.46. The number of hydrogen-bond donors (Lipinski definition) is 1. The van der Waals surface area contributed by atoms with Crippen LogP contribution >= 0.6 is 0 Å². The van der Waals surface area contributed by atoms with Crippen molar-refractivity contribution in [1.29, 1.82) is 0 Å². The third-order valence-electron chi connectivity index (χ3n) is 5.06. The molecule has 1 saturated heterocycles. The van der Waals surface area contributed by atoms with Gasteiger partial charge < -0.3 is 14.7 Å². The molecule has 2 unspecified atom stereocenters. The van der Waals surface area contributed by atoms with E-state index in [0.29, 0.717) is 5.92 Å². The van der Waals surface area contributed by atoms with Gasteiger partial charge in [0, 0.05) is 25.5 Å². The lowest BCUT2D eigenvalue weighted by Crippen LogP contribution is -2.39. The van der Waals surface area contributed by atoms with Gasteiger partial charge in [0.1, 0.15) is 5.76 Å². The van der Waals surface area contributed by atoms with E-state index in [0.717, 1.165) is 29.7 Å². The van der Waals surface area contributed by atoms with Gasteiger partial charge in [0.15, 0.2) is 5.69 Å². The molecule has 0 bridgehead atoms. The number of nitrogens with one attached hydrogen (secondary N) is 1. The molecule has 1 aromatic heterocycles. The number of amides is 2. The highest BCUT2D eigenvalue weighted by atomic mass is 16.5. The Hall–Kier alpha value is -2.63. The van der Waals surface area contributed by atoms with Crippen molar-refractivity contribution in [2.45, 2.75) is 44.2 Å². The quantitative estimate of drug-likeness (QED) is 0.929. The van der Waals surface area contributed by atoms with Crippen LogP contribution in [0, 0.1) is 6.92 Å². The van der Waals surface area contributed by atoms with Crippen LogP contribution in [0.2, 0.25) is 0 Å². The number of aryl methyl sites for hydroxylation is 1. The summed E-state index contributed by atoms with van der Waals surface area (Å²) in [6.07, 6.45) is 2.47. The van der Waals surface area contributed by atoms with Crippen LogP contribution in [0.25, 0.3) is 0 Å². The van der Waals surface area contributed by atoms with Crippen molar-refractivity contribution >= 4 is 11.8 Å². The van der Waals surface area contributed by atoms with Crippen molar-refractivity contribution in [3.05, 3.63) is 52.9 Å². The van der Waals surface area contributed by atoms with Crippen LogP contribution in [0.5, 0.6) is 0 Å². The Kier molecular flexibility index (Phi) is 3.82. The lowest BCUT2D eigenvalue weighted by molar-refractivity contribution is -0.127. The first-order chi connectivity index (χ1) is 12.0. The fourth-order valence-electron chi connectivity index (χ4n) is 3.42. The third-order valence-corrected chi connectivity index (χ3v) is 5.06. The van der Waals surface area contributed by atoms with Gasteiger partial charge in [0.25, 0.3) is 5.91 Å². The van der Waals surface area contributed by atoms with Crippen LogP contribution in [0.3, 0.4) is 0 Å². The number of nitrogens with zero attached hydrogens (tertiary/aromatic N) is 2. The lowest BCUT2D eigenvalue weighted by Gasteiger charge is -2.25. The zero-order valence-corrected chi connectivity index (χ0v) is 14.4. The average molecular weight is 339 g/mol. The maximum absolute atomic E-state index is 12.5. The molecular formula is C19H21N3O3. The van der Waals surface area contributed by atoms with Gasteiger partial charge in [-0.2, -0.15) is 0 Å². The number of benzene rings is 1. The van der Waals surface area contributed by atoms with Crippen LogP contribution in [-0.4, -0.2) is 35.0 Å². The Morgan fingerprint density at radius 3 is 2.68 bits per heavy atom. The van der Waals surface area contributed by atoms with Crippen molar-refractivity contribution < 1.29 is 14.1 Å². The Morgan fingerprint density at radius 2 is 2.00 bits per heavy atom. The van der Waals surface area contributed by atoms with Crippen LogP contribution < -0.4 is 5.32 Å². The van der Waals surface area contributed by atoms with E-state index in [9.17, 15) is 9.59 Å². The molecule has 2 aromatic rings. The minimum absolute atomic E-state index is 0.0229. The number of carbonyl (C=O) groups is 2. The molecule has 1 aliphatic carbocycles. The molecule has 6 nitrogen and oxygen atoms in total. The first-order valence-corrected chi connectivity index (χ1v) is 8.62. The molecule has 2 amide bonds. The second kappa shape index (κ2) is 6.02. The van der Waals surface area contributed by atoms with Crippen LogP contribution in [0.15, 0.2) is 34.9 Å². The van der Waals surface area contributed by atoms with Gasteiger partial charge in [-0.15, -0.1) is 0 Å². The van der Waals surface area contributed by atoms with Crippen LogP contribution in [-0.2, 0) is 4.79 Å². The van der Waals surface area contributed by atoms with Gasteiger partial charge in [-0.3, -0.25) is 9.59 Å². The van der Waals surface area contributed by atoms with Crippen molar-refractivity contribution in [1.82, 2.24) is 15.4 Å². The van der Waals surface area contributed by atoms with Gasteiger partial charge in [0.05, 0.1) is 12.1 Å². The predicted octanol–water partition coefficient (Wildman–Crippen LogP) is 2.56. The molecule has 2 fully saturated rings. The SMILES string of the molecule is Cc1ccc(C2C(NC(=O)c3cc(C4CC4)on3)CC(=O)N2C)cc1. The number of rotatable bonds is 4. The first-order valence-electron chi connectivity index (χ1n) is 8.62. The van der Waals surface area contributed by atoms with Crippen molar-refractivity contribution in [3.8, 4) is 0 Å². The molecule has 1 saturated carbocycles. The molecule has 1 aliphatic heterocycles. The Morgan fingerprint density at radius 1 is 1.28 bits per heavy atom. The summed E-state index contributed by atoms with van der Waals surface area (Å²) in [5, 5.41) is 6.85. The standard InChI is InChI=1S/C19H21N3O3/c1-11-3-5-13(6-4-11)18-14(10-17(23)22(18)2)20-19(24)15-9-16(25-21-15)12-7-8-12/h3-6,9,12,14,18H,7-8,10H2,1-2H3,(H,20,24). The van der Waals surface area contributed by atoms with Crippen molar-refractivity contribution in [2.75, 3.05) is 7.05 Å². The number of aromatic nitrogens is 1. The second-order valence-corrected chi connectivity index (χ2v) is 7.03. The normalized spacial score (nSPS) is 23.1. The number of hydrogen-bond acceptors (Lipinski definition) is 4. The number of carbonyl (C=O) groups excluding carboxylic acids is 2. The minimum Gasteiger partial charge on any atom is -0.360 e. The van der Waals surface area contributed by atoms with E-state index in [-0.39, 0.29) is 36.0 Å². The third kappa shape index (κ3) is 3.04. The molecule has 130 valence electrons. The Bertz CT molecular complexity index is 808. The highest BCUT2D eigenvalue weighted by Gasteiger charge is 2.40. The molecule has 1 aromatic carbocycles. The highest BCUT2D eigenvalue weighted by molar-refractivity contribution is 5.93. The van der Waals surface area contributed by atoms with Gasteiger partial charge in [-0.05, 0) is 25.3 Å². The summed E-state index contributed by atoms with van der Waals surface area (Å²) in [7, 11) is 1.78. The molecule has 6 heteroatoms. The molecule has 0 spiro atoms. The van der Waals surface area contributed by atoms with E-state index in [1.54, 1.807) is 18.0 Å². The molecule has 0 radical (unpaired) electrons. The van der Waals surface area contributed by atoms with E-state index in [4.69, 9.17) is 4.52 Å². The van der Waals surface area contributed by atoms with Gasteiger partial charge in [0.2, 0.25) is 5.91 Å². The largest absolute Gasteiger partial charge is 0.360 e. The van der Waals surface area contributed by atoms with E-state index in [2.05, 4.69) is 10.5 Å². The molecular weight excluding hydrogens is 318 g/mol. The maximum Gasteiger partial charge on any atom is 0.273 e. The fourth-order valence-corrected chi connectivity index (χ4v) is 3.42. The molecule has 2 heterocycles. The predicted molar refractivity (Wildman–Crippen MR) is 91.0 cm³/mol. The molecule has 2 aliphatic rings. The van der Waals surface area contributed by atoms with E-state index >= 15 is 0 Å². The van der Waals surface area contributed by atoms with E-state index in [1.807, 2.05) is 31.2 Å². The summed E-state index contributed by atoms with van der Waals surface area (Å²) in [6.45, 7) is 2.02. The summed E-state index contributed by atoms with van der Waals surface area (Å²) in [5.74, 6) is 0.920. The van der Waals surface area contributed by atoms with Gasteiger partial charge in [-0.1, -0.05) is 35.0 Å². The number of likely N-dealkylation sites (N-methyl/N-ethyl adjacent to an activating group) is 1. The summed E-state index contributed by atoms with van der Waals surface area (Å²) >= 11 is 0. The van der Waals surface area contributed by atoms with Crippen LogP contribution in [0.4, 0.5) is 0 Å². The smallest absolute Gasteiger partial charge is 0.273 e. The van der Waals surface area contributed by atoms with Crippen molar-refractivity contribution in [3.63, 3.8) is 0 Å². The Labute approximate surface area is 146 Å². The van der Waals surface area contributed by atoms with Gasteiger partial charge in [-0.25, -0.2) is 0 Å². The fraction of sp³-hybridized carbons (Fsp3) is 0.421. The zero-order chi connectivity index (χ0) is 17.6. The van der Waals surface area contributed by atoms with Gasteiger partial charge >= 0.3 is 0 Å². The molecule has 2 atom stereocenters. The second-order valence-electron chi connectivity index (χ2n) is 7.03. The van der Waals surface area contributed by atoms with E-state index < -0.39 is 0 Å². The maximum atomic E-state index is 12.5. The molecule has 1 N–H and O–H groups in total. The average Bonchev–Trinajstić information content (AvgIpc) is 3.25. The molecule has 25 heavy (non-hydrogen) atoms. The zero-order valence-electron chi connectivity index (χ0n) is 14.4. The van der Waals surface area contributed by atoms with Crippen molar-refractivity contribution in [2.24, 2.45) is 0 Å². The monoisotopic (exact) mass is 339 g/mol. The minimum atomic E-state index is -0.291. The topological polar surface area (TPSA) is 75.4 Å². The summed E-state index contributed by atoms with van der Waals surface area (Å²) < 4.78 is 5.25. The lowest BCUT2D eigenvalue weighted by atomic mass is 9.99. The van der Waals surface area contributed by atoms with E-state index in [1.165, 1.54) is 0 Å². The molecule has 4 rings (SSSR count). The highest BCUT2D eigenvalue weighted by Crippen LogP contribution is 2.40. The Balaban J connectivity index is 1.53. The summed E-state index contributed by atoms with van der Waals surface area (Å²) in [6, 6.07) is 9.31. The summed E-state index contributed by atoms with van der Waals surface area (Å²) in [4.78, 5) is 26.4. The van der Waals surface area contributed by atoms with Crippen LogP contribution in [0.1, 0.15) is 58.6 Å². The number of likely N-dealkylation sites (tertiary alicyclic amines) is 1. The first kappa shape index (κ1) is 15.9.